The van der Waals surface area contributed by atoms with Crippen molar-refractivity contribution in [3.05, 3.63) is 112 Å². The number of rotatable bonds is 8. The van der Waals surface area contributed by atoms with Crippen LogP contribution in [-0.2, 0) is 19.6 Å². The Morgan fingerprint density at radius 3 is 2.06 bits per heavy atom. The van der Waals surface area contributed by atoms with E-state index in [0.717, 1.165) is 40.9 Å². The van der Waals surface area contributed by atoms with Crippen LogP contribution in [0.5, 0.6) is 5.75 Å². The molecule has 0 atom stereocenters. The summed E-state index contributed by atoms with van der Waals surface area (Å²) in [7, 11) is 0. The van der Waals surface area contributed by atoms with Crippen molar-refractivity contribution in [3.8, 4) is 5.75 Å². The molecule has 160 valence electrons. The first-order valence-electron chi connectivity index (χ1n) is 10.0. The molecule has 0 aliphatic heterocycles. The molecule has 1 N–H and O–H groups in total. The van der Waals surface area contributed by atoms with Crippen LogP contribution >= 0.6 is 35.6 Å². The molecule has 0 amide bonds. The third-order valence-corrected chi connectivity index (χ3v) is 5.61. The predicted octanol–water partition coefficient (Wildman–Crippen LogP) is 7.48. The molecule has 0 spiro atoms. The molecule has 0 saturated carbocycles. The molecule has 0 aliphatic carbocycles. The molecule has 2 nitrogen and oxygen atoms in total. The van der Waals surface area contributed by atoms with Crippen molar-refractivity contribution in [3.63, 3.8) is 0 Å². The standard InChI is InChI=1S/C26H23Cl2NO.ClH/c27-22-10-5-19(6-11-22)15-16-29-17-25-24-4-2-1-3-21(24)9-14-26(25)30-18-20-7-12-23(28)13-8-20;/h1-14,29H,15-18H2;1H. The van der Waals surface area contributed by atoms with Crippen molar-refractivity contribution in [1.29, 1.82) is 0 Å². The van der Waals surface area contributed by atoms with E-state index in [4.69, 9.17) is 27.9 Å². The molecular weight excluding hydrogens is 449 g/mol. The molecular formula is C26H24Cl3NO. The maximum Gasteiger partial charge on any atom is 0.124 e. The van der Waals surface area contributed by atoms with Crippen LogP contribution in [0, 0.1) is 0 Å². The summed E-state index contributed by atoms with van der Waals surface area (Å²) >= 11 is 12.0. The van der Waals surface area contributed by atoms with Crippen molar-refractivity contribution >= 4 is 46.4 Å². The molecule has 0 aromatic heterocycles. The van der Waals surface area contributed by atoms with Crippen molar-refractivity contribution in [2.45, 2.75) is 19.6 Å². The Bertz CT molecular complexity index is 1110. The van der Waals surface area contributed by atoms with Gasteiger partial charge in [-0.2, -0.15) is 0 Å². The average Bonchev–Trinajstić information content (AvgIpc) is 2.78. The Balaban J connectivity index is 0.00000272. The van der Waals surface area contributed by atoms with E-state index in [0.29, 0.717) is 6.61 Å². The van der Waals surface area contributed by atoms with Crippen LogP contribution in [0.4, 0.5) is 0 Å². The fourth-order valence-corrected chi connectivity index (χ4v) is 3.72. The first-order valence-corrected chi connectivity index (χ1v) is 10.8. The normalized spacial score (nSPS) is 10.6. The number of hydrogen-bond donors (Lipinski definition) is 1. The first-order chi connectivity index (χ1) is 14.7. The van der Waals surface area contributed by atoms with E-state index in [-0.39, 0.29) is 12.4 Å². The minimum Gasteiger partial charge on any atom is -0.489 e. The van der Waals surface area contributed by atoms with Gasteiger partial charge in [-0.05, 0) is 65.2 Å². The quantitative estimate of drug-likeness (QED) is 0.268. The van der Waals surface area contributed by atoms with Gasteiger partial charge in [-0.1, -0.05) is 77.8 Å². The van der Waals surface area contributed by atoms with Gasteiger partial charge < -0.3 is 10.1 Å². The second-order valence-corrected chi connectivity index (χ2v) is 8.10. The summed E-state index contributed by atoms with van der Waals surface area (Å²) in [6, 6.07) is 28.4. The Kier molecular flexibility index (Phi) is 8.62. The highest BCUT2D eigenvalue weighted by atomic mass is 35.5. The van der Waals surface area contributed by atoms with Gasteiger partial charge in [0.15, 0.2) is 0 Å². The van der Waals surface area contributed by atoms with Crippen LogP contribution in [0.25, 0.3) is 10.8 Å². The average molecular weight is 473 g/mol. The molecule has 5 heteroatoms. The van der Waals surface area contributed by atoms with Gasteiger partial charge in [-0.15, -0.1) is 12.4 Å². The smallest absolute Gasteiger partial charge is 0.124 e. The Morgan fingerprint density at radius 1 is 0.710 bits per heavy atom. The van der Waals surface area contributed by atoms with Crippen LogP contribution < -0.4 is 10.1 Å². The van der Waals surface area contributed by atoms with Crippen LogP contribution in [0.2, 0.25) is 10.0 Å². The Morgan fingerprint density at radius 2 is 1.35 bits per heavy atom. The third kappa shape index (κ3) is 6.38. The predicted molar refractivity (Wildman–Crippen MR) is 134 cm³/mol. The molecule has 0 unspecified atom stereocenters. The molecule has 4 aromatic carbocycles. The molecule has 0 fully saturated rings. The van der Waals surface area contributed by atoms with E-state index in [1.165, 1.54) is 21.9 Å². The van der Waals surface area contributed by atoms with Gasteiger partial charge in [0.25, 0.3) is 0 Å². The fraction of sp³-hybridized carbons (Fsp3) is 0.154. The molecule has 0 aliphatic rings. The van der Waals surface area contributed by atoms with E-state index < -0.39 is 0 Å². The number of halogens is 3. The zero-order chi connectivity index (χ0) is 20.8. The second-order valence-electron chi connectivity index (χ2n) is 7.23. The molecule has 0 bridgehead atoms. The van der Waals surface area contributed by atoms with Gasteiger partial charge in [0, 0.05) is 22.2 Å². The largest absolute Gasteiger partial charge is 0.489 e. The molecule has 0 heterocycles. The van der Waals surface area contributed by atoms with Gasteiger partial charge in [-0.3, -0.25) is 0 Å². The summed E-state index contributed by atoms with van der Waals surface area (Å²) in [5.41, 5.74) is 3.54. The van der Waals surface area contributed by atoms with E-state index in [2.05, 4.69) is 53.8 Å². The molecule has 4 rings (SSSR count). The van der Waals surface area contributed by atoms with Crippen LogP contribution in [0.15, 0.2) is 84.9 Å². The second kappa shape index (κ2) is 11.4. The van der Waals surface area contributed by atoms with Crippen molar-refractivity contribution < 1.29 is 4.74 Å². The monoisotopic (exact) mass is 471 g/mol. The van der Waals surface area contributed by atoms with E-state index in [1.807, 2.05) is 36.4 Å². The minimum atomic E-state index is 0. The number of ether oxygens (including phenoxy) is 1. The van der Waals surface area contributed by atoms with Crippen LogP contribution in [0.1, 0.15) is 16.7 Å². The van der Waals surface area contributed by atoms with Gasteiger partial charge in [0.2, 0.25) is 0 Å². The van der Waals surface area contributed by atoms with Crippen LogP contribution in [0.3, 0.4) is 0 Å². The topological polar surface area (TPSA) is 21.3 Å². The van der Waals surface area contributed by atoms with Crippen LogP contribution in [-0.4, -0.2) is 6.54 Å². The highest BCUT2D eigenvalue weighted by Gasteiger charge is 2.09. The van der Waals surface area contributed by atoms with E-state index in [1.54, 1.807) is 0 Å². The summed E-state index contributed by atoms with van der Waals surface area (Å²) in [5, 5.41) is 7.50. The maximum atomic E-state index is 6.20. The number of fused-ring (bicyclic) bond motifs is 1. The summed E-state index contributed by atoms with van der Waals surface area (Å²) < 4.78 is 6.20. The van der Waals surface area contributed by atoms with Gasteiger partial charge >= 0.3 is 0 Å². The van der Waals surface area contributed by atoms with Gasteiger partial charge in [-0.25, -0.2) is 0 Å². The van der Waals surface area contributed by atoms with E-state index in [9.17, 15) is 0 Å². The lowest BCUT2D eigenvalue weighted by atomic mass is 10.0. The first kappa shape index (κ1) is 23.4. The molecule has 4 aromatic rings. The maximum absolute atomic E-state index is 6.20. The minimum absolute atomic E-state index is 0. The van der Waals surface area contributed by atoms with Crippen molar-refractivity contribution in [1.82, 2.24) is 5.32 Å². The lowest BCUT2D eigenvalue weighted by molar-refractivity contribution is 0.303. The Hall–Kier alpha value is -2.23. The SMILES string of the molecule is Cl.Clc1ccc(CCNCc2c(OCc3ccc(Cl)cc3)ccc3ccccc23)cc1. The van der Waals surface area contributed by atoms with Gasteiger partial charge in [0.1, 0.15) is 12.4 Å². The van der Waals surface area contributed by atoms with E-state index >= 15 is 0 Å². The molecule has 0 saturated heterocycles. The number of nitrogens with one attached hydrogen (secondary N) is 1. The highest BCUT2D eigenvalue weighted by Crippen LogP contribution is 2.29. The number of benzene rings is 4. The number of hydrogen-bond acceptors (Lipinski definition) is 2. The van der Waals surface area contributed by atoms with Gasteiger partial charge in [0.05, 0.1) is 0 Å². The lowest BCUT2D eigenvalue weighted by Gasteiger charge is -2.15. The zero-order valence-electron chi connectivity index (χ0n) is 17.0. The molecule has 0 radical (unpaired) electrons. The Labute approximate surface area is 199 Å². The fourth-order valence-electron chi connectivity index (χ4n) is 3.47. The summed E-state index contributed by atoms with van der Waals surface area (Å²) in [5.74, 6) is 0.905. The third-order valence-electron chi connectivity index (χ3n) is 5.11. The zero-order valence-corrected chi connectivity index (χ0v) is 19.3. The summed E-state index contributed by atoms with van der Waals surface area (Å²) in [6.07, 6.45) is 0.947. The molecule has 31 heavy (non-hydrogen) atoms. The lowest BCUT2D eigenvalue weighted by Crippen LogP contribution is -2.17. The van der Waals surface area contributed by atoms with Crippen molar-refractivity contribution in [2.24, 2.45) is 0 Å². The van der Waals surface area contributed by atoms with Crippen molar-refractivity contribution in [2.75, 3.05) is 6.54 Å². The summed E-state index contributed by atoms with van der Waals surface area (Å²) in [6.45, 7) is 2.12. The summed E-state index contributed by atoms with van der Waals surface area (Å²) in [4.78, 5) is 0. The highest BCUT2D eigenvalue weighted by molar-refractivity contribution is 6.30.